The molecule has 13 heteroatoms. The van der Waals surface area contributed by atoms with Gasteiger partial charge in [0.2, 0.25) is 10.0 Å². The number of carbonyl (C=O) groups is 1. The molecule has 3 aromatic rings. The van der Waals surface area contributed by atoms with Crippen LogP contribution in [0.25, 0.3) is 0 Å². The van der Waals surface area contributed by atoms with Crippen LogP contribution in [0.2, 0.25) is 5.02 Å². The van der Waals surface area contributed by atoms with Crippen LogP contribution in [0.3, 0.4) is 0 Å². The third kappa shape index (κ3) is 6.95. The third-order valence-electron chi connectivity index (χ3n) is 6.12. The number of hydrogen-bond donors (Lipinski definition) is 1. The fourth-order valence-corrected chi connectivity index (χ4v) is 5.93. The van der Waals surface area contributed by atoms with E-state index in [1.807, 2.05) is 6.92 Å². The molecule has 1 fully saturated rings. The molecule has 0 aromatic heterocycles. The molecule has 4 rings (SSSR count). The molecule has 0 aliphatic carbocycles. The molecule has 0 spiro atoms. The molecule has 1 aliphatic heterocycles. The number of carbonyl (C=O) groups excluding carboxylic acids is 1. The van der Waals surface area contributed by atoms with Gasteiger partial charge in [0.1, 0.15) is 12.6 Å². The number of benzene rings is 3. The van der Waals surface area contributed by atoms with E-state index in [9.17, 15) is 23.3 Å². The summed E-state index contributed by atoms with van der Waals surface area (Å²) in [5.74, 6) is 0.394. The zero-order valence-electron chi connectivity index (χ0n) is 21.5. The highest BCUT2D eigenvalue weighted by Gasteiger charge is 2.39. The van der Waals surface area contributed by atoms with Gasteiger partial charge in [0.15, 0.2) is 11.5 Å². The van der Waals surface area contributed by atoms with Crippen LogP contribution in [0.1, 0.15) is 30.9 Å². The highest BCUT2D eigenvalue weighted by atomic mass is 35.5. The first-order valence-electron chi connectivity index (χ1n) is 12.4. The Hall–Kier alpha value is -4.00. The van der Waals surface area contributed by atoms with Crippen molar-refractivity contribution >= 4 is 39.4 Å². The van der Waals surface area contributed by atoms with E-state index >= 15 is 0 Å². The van der Waals surface area contributed by atoms with E-state index in [-0.39, 0.29) is 23.7 Å². The third-order valence-corrected chi connectivity index (χ3v) is 8.30. The number of hydrogen-bond acceptors (Lipinski definition) is 8. The molecule has 210 valence electrons. The minimum absolute atomic E-state index is 0.00157. The summed E-state index contributed by atoms with van der Waals surface area (Å²) < 4.78 is 38.9. The molecule has 1 aliphatic rings. The first kappa shape index (κ1) is 29.0. The van der Waals surface area contributed by atoms with E-state index in [0.717, 1.165) is 5.56 Å². The Morgan fingerprint density at radius 3 is 2.52 bits per heavy atom. The van der Waals surface area contributed by atoms with Gasteiger partial charge in [0.25, 0.3) is 11.6 Å². The lowest BCUT2D eigenvalue weighted by atomic mass is 10.2. The first-order chi connectivity index (χ1) is 19.2. The molecular formula is C27H27ClN4O7S. The van der Waals surface area contributed by atoms with Crippen molar-refractivity contribution < 1.29 is 27.6 Å². The number of hydrazone groups is 1. The Morgan fingerprint density at radius 1 is 1.12 bits per heavy atom. The van der Waals surface area contributed by atoms with E-state index in [1.54, 1.807) is 30.3 Å². The summed E-state index contributed by atoms with van der Waals surface area (Å²) >= 11 is 5.88. The van der Waals surface area contributed by atoms with Gasteiger partial charge in [0.05, 0.1) is 22.6 Å². The fraction of sp³-hybridized carbons (Fsp3) is 0.259. The summed E-state index contributed by atoms with van der Waals surface area (Å²) in [4.78, 5) is 23.3. The van der Waals surface area contributed by atoms with Crippen molar-refractivity contribution in [1.29, 1.82) is 0 Å². The zero-order chi connectivity index (χ0) is 28.7. The van der Waals surface area contributed by atoms with Crippen LogP contribution in [0, 0.1) is 10.1 Å². The number of rotatable bonds is 11. The predicted molar refractivity (Wildman–Crippen MR) is 149 cm³/mol. The van der Waals surface area contributed by atoms with Crippen molar-refractivity contribution in [3.8, 4) is 11.5 Å². The minimum atomic E-state index is -3.87. The highest BCUT2D eigenvalue weighted by molar-refractivity contribution is 7.89. The van der Waals surface area contributed by atoms with Gasteiger partial charge in [-0.2, -0.15) is 9.41 Å². The normalized spacial score (nSPS) is 15.7. The lowest BCUT2D eigenvalue weighted by Crippen LogP contribution is -2.44. The number of non-ortho nitro benzene ring substituents is 1. The van der Waals surface area contributed by atoms with Crippen molar-refractivity contribution in [2.75, 3.05) is 13.2 Å². The summed E-state index contributed by atoms with van der Waals surface area (Å²) in [6.45, 7) is 2.61. The standard InChI is InChI=1S/C27H27ClN4O7S/c1-2-38-26-16-20(7-14-25(26)39-18-19-5-10-22(11-6-19)32(34)35)17-29-30-27(33)24-4-3-15-31(24)40(36,37)23-12-8-21(28)9-13-23/h5-14,16-17,24H,2-4,15,18H2,1H3,(H,30,33)/b29-17-/t24-/m1/s1. The second-order valence-corrected chi connectivity index (χ2v) is 11.1. The van der Waals surface area contributed by atoms with Crippen LogP contribution in [-0.4, -0.2) is 49.0 Å². The smallest absolute Gasteiger partial charge is 0.269 e. The van der Waals surface area contributed by atoms with E-state index in [2.05, 4.69) is 10.5 Å². The molecule has 0 bridgehead atoms. The molecule has 1 amide bonds. The summed E-state index contributed by atoms with van der Waals surface area (Å²) in [6, 6.07) is 16.1. The Bertz CT molecular complexity index is 1500. The van der Waals surface area contributed by atoms with Crippen LogP contribution < -0.4 is 14.9 Å². The van der Waals surface area contributed by atoms with Gasteiger partial charge >= 0.3 is 0 Å². The monoisotopic (exact) mass is 586 g/mol. The van der Waals surface area contributed by atoms with Gasteiger partial charge < -0.3 is 9.47 Å². The van der Waals surface area contributed by atoms with Crippen LogP contribution in [0.4, 0.5) is 5.69 Å². The van der Waals surface area contributed by atoms with Gasteiger partial charge in [-0.05, 0) is 85.5 Å². The summed E-state index contributed by atoms with van der Waals surface area (Å²) in [5, 5.41) is 15.3. The summed E-state index contributed by atoms with van der Waals surface area (Å²) in [6.07, 6.45) is 2.35. The van der Waals surface area contributed by atoms with Crippen LogP contribution >= 0.6 is 11.6 Å². The molecule has 11 nitrogen and oxygen atoms in total. The summed E-state index contributed by atoms with van der Waals surface area (Å²) in [5.41, 5.74) is 3.81. The number of nitro groups is 1. The molecule has 0 saturated carbocycles. The molecule has 0 radical (unpaired) electrons. The summed E-state index contributed by atoms with van der Waals surface area (Å²) in [7, 11) is -3.87. The molecule has 3 aromatic carbocycles. The van der Waals surface area contributed by atoms with Gasteiger partial charge in [-0.3, -0.25) is 14.9 Å². The van der Waals surface area contributed by atoms with Crippen LogP contribution in [-0.2, 0) is 21.4 Å². The molecule has 1 saturated heterocycles. The molecule has 40 heavy (non-hydrogen) atoms. The maximum absolute atomic E-state index is 13.1. The van der Waals surface area contributed by atoms with Gasteiger partial charge in [-0.25, -0.2) is 13.8 Å². The maximum atomic E-state index is 13.1. The minimum Gasteiger partial charge on any atom is -0.490 e. The van der Waals surface area contributed by atoms with Gasteiger partial charge in [-0.15, -0.1) is 0 Å². The molecular weight excluding hydrogens is 560 g/mol. The molecule has 1 heterocycles. The molecule has 0 unspecified atom stereocenters. The second-order valence-electron chi connectivity index (χ2n) is 8.81. The number of sulfonamides is 1. The fourth-order valence-electron chi connectivity index (χ4n) is 4.14. The van der Waals surface area contributed by atoms with Crippen molar-refractivity contribution in [3.05, 3.63) is 93.0 Å². The Kier molecular flexibility index (Phi) is 9.35. The lowest BCUT2D eigenvalue weighted by Gasteiger charge is -2.22. The van der Waals surface area contributed by atoms with Crippen LogP contribution in [0.15, 0.2) is 76.7 Å². The highest BCUT2D eigenvalue weighted by Crippen LogP contribution is 2.30. The number of nitrogens with one attached hydrogen (secondary N) is 1. The average molecular weight is 587 g/mol. The number of nitrogens with zero attached hydrogens (tertiary/aromatic N) is 3. The average Bonchev–Trinajstić information content (AvgIpc) is 3.45. The Balaban J connectivity index is 1.39. The zero-order valence-corrected chi connectivity index (χ0v) is 23.1. The number of nitro benzene ring substituents is 1. The van der Waals surface area contributed by atoms with Crippen molar-refractivity contribution in [1.82, 2.24) is 9.73 Å². The van der Waals surface area contributed by atoms with Gasteiger partial charge in [0, 0.05) is 23.7 Å². The van der Waals surface area contributed by atoms with Gasteiger partial charge in [-0.1, -0.05) is 11.6 Å². The van der Waals surface area contributed by atoms with Crippen molar-refractivity contribution in [2.45, 2.75) is 37.3 Å². The second kappa shape index (κ2) is 12.9. The van der Waals surface area contributed by atoms with Crippen LogP contribution in [0.5, 0.6) is 11.5 Å². The topological polar surface area (TPSA) is 140 Å². The van der Waals surface area contributed by atoms with E-state index in [0.29, 0.717) is 41.5 Å². The largest absolute Gasteiger partial charge is 0.490 e. The first-order valence-corrected chi connectivity index (χ1v) is 14.2. The number of halogens is 1. The van der Waals surface area contributed by atoms with E-state index in [1.165, 1.54) is 46.9 Å². The van der Waals surface area contributed by atoms with E-state index in [4.69, 9.17) is 21.1 Å². The molecule has 1 N–H and O–H groups in total. The van der Waals surface area contributed by atoms with E-state index < -0.39 is 26.9 Å². The maximum Gasteiger partial charge on any atom is 0.269 e. The number of ether oxygens (including phenoxy) is 2. The lowest BCUT2D eigenvalue weighted by molar-refractivity contribution is -0.384. The quantitative estimate of drug-likeness (QED) is 0.198. The Labute approximate surface area is 236 Å². The predicted octanol–water partition coefficient (Wildman–Crippen LogP) is 4.53. The Morgan fingerprint density at radius 2 is 1.85 bits per heavy atom. The SMILES string of the molecule is CCOc1cc(/C=N\NC(=O)[C@H]2CCCN2S(=O)(=O)c2ccc(Cl)cc2)ccc1OCc1ccc([N+](=O)[O-])cc1. The number of amides is 1. The van der Waals surface area contributed by atoms with Crippen molar-refractivity contribution in [3.63, 3.8) is 0 Å². The van der Waals surface area contributed by atoms with Crippen molar-refractivity contribution in [2.24, 2.45) is 5.10 Å². The molecule has 1 atom stereocenters.